The number of rotatable bonds is 3. The van der Waals surface area contributed by atoms with Gasteiger partial charge in [-0.1, -0.05) is 19.8 Å². The van der Waals surface area contributed by atoms with Crippen molar-refractivity contribution in [3.8, 4) is 5.75 Å². The lowest BCUT2D eigenvalue weighted by molar-refractivity contribution is -0.274. The summed E-state index contributed by atoms with van der Waals surface area (Å²) in [5.41, 5.74) is 0.846. The van der Waals surface area contributed by atoms with Gasteiger partial charge in [-0.2, -0.15) is 0 Å². The van der Waals surface area contributed by atoms with Gasteiger partial charge in [-0.25, -0.2) is 0 Å². The fourth-order valence-electron chi connectivity index (χ4n) is 2.62. The second kappa shape index (κ2) is 6.37. The summed E-state index contributed by atoms with van der Waals surface area (Å²) in [7, 11) is 0. The number of benzene rings is 1. The lowest BCUT2D eigenvalue weighted by atomic mass is 10.0. The van der Waals surface area contributed by atoms with Gasteiger partial charge in [-0.15, -0.1) is 13.2 Å². The van der Waals surface area contributed by atoms with Crippen LogP contribution in [0, 0.1) is 5.92 Å². The van der Waals surface area contributed by atoms with E-state index in [1.54, 1.807) is 12.1 Å². The Balaban J connectivity index is 1.90. The molecule has 0 saturated heterocycles. The minimum Gasteiger partial charge on any atom is -0.406 e. The van der Waals surface area contributed by atoms with Crippen LogP contribution in [0.5, 0.6) is 5.75 Å². The molecule has 0 aromatic heterocycles. The molecule has 1 fully saturated rings. The van der Waals surface area contributed by atoms with Gasteiger partial charge in [0.25, 0.3) is 0 Å². The highest BCUT2D eigenvalue weighted by Gasteiger charge is 2.30. The summed E-state index contributed by atoms with van der Waals surface area (Å²) < 4.78 is 40.0. The van der Waals surface area contributed by atoms with Gasteiger partial charge in [0.15, 0.2) is 0 Å². The van der Waals surface area contributed by atoms with Gasteiger partial charge in [0.2, 0.25) is 0 Å². The summed E-state index contributed by atoms with van der Waals surface area (Å²) in [6, 6.07) is 6.36. The van der Waals surface area contributed by atoms with Gasteiger partial charge in [-0.3, -0.25) is 0 Å². The molecule has 0 bridgehead atoms. The second-order valence-corrected chi connectivity index (χ2v) is 5.53. The third-order valence-electron chi connectivity index (χ3n) is 3.72. The molecular weight excluding hydrogens is 267 g/mol. The van der Waals surface area contributed by atoms with Crippen LogP contribution in [0.25, 0.3) is 0 Å². The summed E-state index contributed by atoms with van der Waals surface area (Å²) in [6.45, 7) is 2.27. The Bertz CT molecular complexity index is 416. The summed E-state index contributed by atoms with van der Waals surface area (Å²) in [6.07, 6.45) is 1.26. The molecule has 1 aliphatic carbocycles. The minimum atomic E-state index is -4.63. The summed E-state index contributed by atoms with van der Waals surface area (Å²) in [5.74, 6) is 0.585. The van der Waals surface area contributed by atoms with Crippen LogP contribution in [0.3, 0.4) is 0 Å². The van der Waals surface area contributed by atoms with Gasteiger partial charge in [0.05, 0.1) is 0 Å². The molecule has 0 heterocycles. The Morgan fingerprint density at radius 2 is 1.75 bits per heavy atom. The fourth-order valence-corrected chi connectivity index (χ4v) is 2.62. The van der Waals surface area contributed by atoms with Crippen LogP contribution in [0.4, 0.5) is 18.9 Å². The lowest BCUT2D eigenvalue weighted by Gasteiger charge is -2.18. The van der Waals surface area contributed by atoms with Crippen molar-refractivity contribution in [3.63, 3.8) is 0 Å². The molecule has 0 amide bonds. The van der Waals surface area contributed by atoms with E-state index >= 15 is 0 Å². The molecule has 0 aliphatic heterocycles. The third kappa shape index (κ3) is 4.94. The maximum Gasteiger partial charge on any atom is 0.573 e. The first-order chi connectivity index (χ1) is 9.42. The Morgan fingerprint density at radius 1 is 1.05 bits per heavy atom. The molecule has 2 atom stereocenters. The van der Waals surface area contributed by atoms with Crippen LogP contribution in [0.15, 0.2) is 24.3 Å². The first-order valence-corrected chi connectivity index (χ1v) is 7.05. The summed E-state index contributed by atoms with van der Waals surface area (Å²) >= 11 is 0. The molecule has 0 radical (unpaired) electrons. The maximum atomic E-state index is 12.1. The largest absolute Gasteiger partial charge is 0.573 e. The van der Waals surface area contributed by atoms with Gasteiger partial charge < -0.3 is 10.1 Å². The van der Waals surface area contributed by atoms with Gasteiger partial charge in [0, 0.05) is 11.7 Å². The molecule has 20 heavy (non-hydrogen) atoms. The third-order valence-corrected chi connectivity index (χ3v) is 3.72. The number of hydrogen-bond donors (Lipinski definition) is 1. The molecule has 0 spiro atoms. The lowest BCUT2D eigenvalue weighted by Crippen LogP contribution is -2.19. The number of halogens is 3. The number of nitrogens with one attached hydrogen (secondary N) is 1. The van der Waals surface area contributed by atoms with Crippen molar-refractivity contribution in [2.24, 2.45) is 5.92 Å². The van der Waals surface area contributed by atoms with E-state index in [9.17, 15) is 13.2 Å². The summed E-state index contributed by atoms with van der Waals surface area (Å²) in [4.78, 5) is 0. The van der Waals surface area contributed by atoms with E-state index in [0.29, 0.717) is 6.04 Å². The molecule has 5 heteroatoms. The number of alkyl halides is 3. The Hall–Kier alpha value is -1.39. The van der Waals surface area contributed by atoms with Gasteiger partial charge >= 0.3 is 6.36 Å². The molecule has 2 rings (SSSR count). The van der Waals surface area contributed by atoms with Crippen molar-refractivity contribution in [2.45, 2.75) is 51.4 Å². The molecular formula is C15H20F3NO. The minimum absolute atomic E-state index is 0.183. The van der Waals surface area contributed by atoms with E-state index in [-0.39, 0.29) is 5.75 Å². The van der Waals surface area contributed by atoms with Crippen molar-refractivity contribution in [2.75, 3.05) is 5.32 Å². The normalized spacial score (nSPS) is 24.0. The molecule has 2 nitrogen and oxygen atoms in total. The zero-order valence-corrected chi connectivity index (χ0v) is 11.5. The fraction of sp³-hybridized carbons (Fsp3) is 0.600. The maximum absolute atomic E-state index is 12.1. The van der Waals surface area contributed by atoms with E-state index in [2.05, 4.69) is 17.0 Å². The summed E-state index contributed by atoms with van der Waals surface area (Å²) in [5, 5.41) is 3.39. The molecule has 1 N–H and O–H groups in total. The van der Waals surface area contributed by atoms with Crippen molar-refractivity contribution in [1.29, 1.82) is 0 Å². The number of ether oxygens (including phenoxy) is 1. The molecule has 2 unspecified atom stereocenters. The number of anilines is 1. The van der Waals surface area contributed by atoms with Crippen molar-refractivity contribution >= 4 is 5.69 Å². The monoisotopic (exact) mass is 287 g/mol. The van der Waals surface area contributed by atoms with E-state index in [1.165, 1.54) is 31.4 Å². The van der Waals surface area contributed by atoms with E-state index in [1.807, 2.05) is 0 Å². The Labute approximate surface area is 117 Å². The number of hydrogen-bond acceptors (Lipinski definition) is 2. The van der Waals surface area contributed by atoms with Crippen LogP contribution in [0.2, 0.25) is 0 Å². The van der Waals surface area contributed by atoms with Crippen LogP contribution in [-0.2, 0) is 0 Å². The van der Waals surface area contributed by atoms with Crippen LogP contribution < -0.4 is 10.1 Å². The quantitative estimate of drug-likeness (QED) is 0.793. The van der Waals surface area contributed by atoms with Crippen LogP contribution >= 0.6 is 0 Å². The van der Waals surface area contributed by atoms with E-state index in [4.69, 9.17) is 0 Å². The highest BCUT2D eigenvalue weighted by atomic mass is 19.4. The molecule has 1 aromatic carbocycles. The Kier molecular flexibility index (Phi) is 4.78. The molecule has 1 aliphatic rings. The highest BCUT2D eigenvalue weighted by molar-refractivity contribution is 5.47. The average Bonchev–Trinajstić information content (AvgIpc) is 2.55. The van der Waals surface area contributed by atoms with Crippen LogP contribution in [0.1, 0.15) is 39.0 Å². The van der Waals surface area contributed by atoms with Crippen molar-refractivity contribution in [3.05, 3.63) is 24.3 Å². The second-order valence-electron chi connectivity index (χ2n) is 5.53. The zero-order valence-electron chi connectivity index (χ0n) is 11.5. The molecule has 112 valence electrons. The first kappa shape index (κ1) is 15.0. The van der Waals surface area contributed by atoms with E-state index in [0.717, 1.165) is 24.4 Å². The highest BCUT2D eigenvalue weighted by Crippen LogP contribution is 2.27. The average molecular weight is 287 g/mol. The van der Waals surface area contributed by atoms with E-state index < -0.39 is 6.36 Å². The van der Waals surface area contributed by atoms with Crippen LogP contribution in [-0.4, -0.2) is 12.4 Å². The molecule has 1 saturated carbocycles. The van der Waals surface area contributed by atoms with Gasteiger partial charge in [0.1, 0.15) is 5.75 Å². The SMILES string of the molecule is CC1CCCC(Nc2ccc(OC(F)(F)F)cc2)CC1. The topological polar surface area (TPSA) is 21.3 Å². The zero-order chi connectivity index (χ0) is 14.6. The van der Waals surface area contributed by atoms with Gasteiger partial charge in [-0.05, 0) is 49.4 Å². The Morgan fingerprint density at radius 3 is 2.40 bits per heavy atom. The van der Waals surface area contributed by atoms with Crippen molar-refractivity contribution in [1.82, 2.24) is 0 Å². The standard InChI is InChI=1S/C15H20F3NO/c1-11-3-2-4-12(6-5-11)19-13-7-9-14(10-8-13)20-15(16,17)18/h7-12,19H,2-6H2,1H3. The smallest absolute Gasteiger partial charge is 0.406 e. The van der Waals surface area contributed by atoms with Crippen molar-refractivity contribution < 1.29 is 17.9 Å². The first-order valence-electron chi connectivity index (χ1n) is 7.05. The predicted molar refractivity (Wildman–Crippen MR) is 72.8 cm³/mol. The predicted octanol–water partition coefficient (Wildman–Crippen LogP) is 4.97. The molecule has 1 aromatic rings.